The Morgan fingerprint density at radius 3 is 2.31 bits per heavy atom. The van der Waals surface area contributed by atoms with Crippen molar-refractivity contribution in [2.24, 2.45) is 0 Å². The van der Waals surface area contributed by atoms with E-state index >= 15 is 0 Å². The molecular weight excluding hydrogens is 350 g/mol. The number of hydrogen-bond donors (Lipinski definition) is 1. The zero-order valence-corrected chi connectivity index (χ0v) is 15.8. The predicted octanol–water partition coefficient (Wildman–Crippen LogP) is 2.79. The van der Waals surface area contributed by atoms with E-state index in [1.807, 2.05) is 24.3 Å². The van der Waals surface area contributed by atoms with Crippen LogP contribution in [0.4, 0.5) is 11.4 Å². The molecule has 0 unspecified atom stereocenters. The van der Waals surface area contributed by atoms with E-state index in [2.05, 4.69) is 10.2 Å². The van der Waals surface area contributed by atoms with Gasteiger partial charge in [-0.2, -0.15) is 0 Å². The van der Waals surface area contributed by atoms with Gasteiger partial charge < -0.3 is 10.2 Å². The molecule has 0 atom stereocenters. The first-order chi connectivity index (χ1) is 12.4. The van der Waals surface area contributed by atoms with Gasteiger partial charge in [-0.05, 0) is 55.3 Å². The average molecular weight is 373 g/mol. The fourth-order valence-corrected chi connectivity index (χ4v) is 3.85. The minimum atomic E-state index is -3.50. The van der Waals surface area contributed by atoms with Crippen LogP contribution in [0.15, 0.2) is 53.4 Å². The molecule has 1 aliphatic rings. The molecular formula is C19H23N3O3S. The third kappa shape index (κ3) is 3.89. The highest BCUT2D eigenvalue weighted by molar-refractivity contribution is 7.89. The Balaban J connectivity index is 1.73. The third-order valence-corrected chi connectivity index (χ3v) is 6.30. The van der Waals surface area contributed by atoms with Gasteiger partial charge in [-0.1, -0.05) is 6.07 Å². The van der Waals surface area contributed by atoms with Gasteiger partial charge in [0.25, 0.3) is 5.91 Å². The number of rotatable bonds is 5. The lowest BCUT2D eigenvalue weighted by molar-refractivity contribution is 0.102. The average Bonchev–Trinajstić information content (AvgIpc) is 3.16. The van der Waals surface area contributed by atoms with Crippen LogP contribution in [-0.2, 0) is 10.0 Å². The molecule has 2 aromatic carbocycles. The van der Waals surface area contributed by atoms with Crippen molar-refractivity contribution < 1.29 is 13.2 Å². The quantitative estimate of drug-likeness (QED) is 0.875. The van der Waals surface area contributed by atoms with Crippen molar-refractivity contribution in [3.63, 3.8) is 0 Å². The first kappa shape index (κ1) is 18.4. The van der Waals surface area contributed by atoms with Gasteiger partial charge in [-0.15, -0.1) is 0 Å². The number of nitrogens with zero attached hydrogens (tertiary/aromatic N) is 2. The minimum absolute atomic E-state index is 0.162. The molecule has 0 bridgehead atoms. The van der Waals surface area contributed by atoms with E-state index in [0.29, 0.717) is 5.56 Å². The van der Waals surface area contributed by atoms with Gasteiger partial charge in [0.05, 0.1) is 4.90 Å². The van der Waals surface area contributed by atoms with Crippen molar-refractivity contribution in [2.75, 3.05) is 37.4 Å². The molecule has 1 N–H and O–H groups in total. The van der Waals surface area contributed by atoms with Crippen LogP contribution in [-0.4, -0.2) is 45.8 Å². The number of carbonyl (C=O) groups excluding carboxylic acids is 1. The van der Waals surface area contributed by atoms with Gasteiger partial charge in [0.1, 0.15) is 0 Å². The maximum Gasteiger partial charge on any atom is 0.255 e. The summed E-state index contributed by atoms with van der Waals surface area (Å²) >= 11 is 0. The van der Waals surface area contributed by atoms with E-state index in [4.69, 9.17) is 0 Å². The number of nitrogens with one attached hydrogen (secondary N) is 1. The first-order valence-corrected chi connectivity index (χ1v) is 10.0. The smallest absolute Gasteiger partial charge is 0.255 e. The Hall–Kier alpha value is -2.38. The van der Waals surface area contributed by atoms with Crippen molar-refractivity contribution in [3.8, 4) is 0 Å². The minimum Gasteiger partial charge on any atom is -0.371 e. The maximum absolute atomic E-state index is 12.5. The second-order valence-electron chi connectivity index (χ2n) is 6.51. The van der Waals surface area contributed by atoms with Gasteiger partial charge >= 0.3 is 0 Å². The topological polar surface area (TPSA) is 69.7 Å². The molecule has 0 aliphatic carbocycles. The Labute approximate surface area is 154 Å². The SMILES string of the molecule is CN(C)S(=O)(=O)c1ccc(C(=O)Nc2cccc(N3CCCC3)c2)cc1. The number of amides is 1. The molecule has 1 saturated heterocycles. The maximum atomic E-state index is 12.5. The summed E-state index contributed by atoms with van der Waals surface area (Å²) in [6, 6.07) is 13.7. The number of sulfonamides is 1. The van der Waals surface area contributed by atoms with E-state index in [1.165, 1.54) is 51.2 Å². The molecule has 138 valence electrons. The van der Waals surface area contributed by atoms with Crippen molar-refractivity contribution in [1.29, 1.82) is 0 Å². The molecule has 26 heavy (non-hydrogen) atoms. The summed E-state index contributed by atoms with van der Waals surface area (Å²) in [5, 5.41) is 2.88. The van der Waals surface area contributed by atoms with E-state index in [0.717, 1.165) is 28.8 Å². The Morgan fingerprint density at radius 1 is 1.04 bits per heavy atom. The van der Waals surface area contributed by atoms with E-state index in [1.54, 1.807) is 0 Å². The second-order valence-corrected chi connectivity index (χ2v) is 8.66. The number of anilines is 2. The molecule has 0 spiro atoms. The van der Waals surface area contributed by atoms with Gasteiger partial charge in [0.2, 0.25) is 10.0 Å². The Morgan fingerprint density at radius 2 is 1.69 bits per heavy atom. The van der Waals surface area contributed by atoms with E-state index in [-0.39, 0.29) is 10.8 Å². The van der Waals surface area contributed by atoms with Crippen LogP contribution in [0.1, 0.15) is 23.2 Å². The van der Waals surface area contributed by atoms with E-state index < -0.39 is 10.0 Å². The van der Waals surface area contributed by atoms with Crippen LogP contribution < -0.4 is 10.2 Å². The summed E-state index contributed by atoms with van der Waals surface area (Å²) in [7, 11) is -0.546. The molecule has 7 heteroatoms. The molecule has 1 fully saturated rings. The monoisotopic (exact) mass is 373 g/mol. The zero-order valence-electron chi connectivity index (χ0n) is 15.0. The normalized spacial score (nSPS) is 14.7. The molecule has 2 aromatic rings. The van der Waals surface area contributed by atoms with Gasteiger partial charge in [0, 0.05) is 44.1 Å². The summed E-state index contributed by atoms with van der Waals surface area (Å²) in [6.45, 7) is 2.08. The molecule has 1 aliphatic heterocycles. The van der Waals surface area contributed by atoms with Crippen LogP contribution in [0.3, 0.4) is 0 Å². The third-order valence-electron chi connectivity index (χ3n) is 4.47. The van der Waals surface area contributed by atoms with Crippen LogP contribution in [0.5, 0.6) is 0 Å². The summed E-state index contributed by atoms with van der Waals surface area (Å²) in [4.78, 5) is 14.9. The van der Waals surface area contributed by atoms with Crippen LogP contribution >= 0.6 is 0 Å². The molecule has 0 saturated carbocycles. The van der Waals surface area contributed by atoms with Crippen molar-refractivity contribution in [1.82, 2.24) is 4.31 Å². The lowest BCUT2D eigenvalue weighted by Crippen LogP contribution is -2.22. The van der Waals surface area contributed by atoms with Crippen LogP contribution in [0, 0.1) is 0 Å². The highest BCUT2D eigenvalue weighted by Gasteiger charge is 2.18. The molecule has 0 aromatic heterocycles. The first-order valence-electron chi connectivity index (χ1n) is 8.57. The fraction of sp³-hybridized carbons (Fsp3) is 0.316. The summed E-state index contributed by atoms with van der Waals surface area (Å²) < 4.78 is 25.3. The molecule has 0 radical (unpaired) electrons. The molecule has 1 heterocycles. The van der Waals surface area contributed by atoms with Crippen LogP contribution in [0.25, 0.3) is 0 Å². The lowest BCUT2D eigenvalue weighted by atomic mass is 10.2. The lowest BCUT2D eigenvalue weighted by Gasteiger charge is -2.18. The molecule has 3 rings (SSSR count). The Bertz CT molecular complexity index is 887. The van der Waals surface area contributed by atoms with Gasteiger partial charge in [0.15, 0.2) is 0 Å². The summed E-state index contributed by atoms with van der Waals surface area (Å²) in [6.07, 6.45) is 2.39. The van der Waals surface area contributed by atoms with Gasteiger partial charge in [-0.3, -0.25) is 4.79 Å². The predicted molar refractivity (Wildman–Crippen MR) is 103 cm³/mol. The number of carbonyl (C=O) groups is 1. The standard InChI is InChI=1S/C19H23N3O3S/c1-21(2)26(24,25)18-10-8-15(9-11-18)19(23)20-16-6-5-7-17(14-16)22-12-3-4-13-22/h5-11,14H,3-4,12-13H2,1-2H3,(H,20,23). The highest BCUT2D eigenvalue weighted by atomic mass is 32.2. The van der Waals surface area contributed by atoms with Crippen molar-refractivity contribution in [3.05, 3.63) is 54.1 Å². The number of hydrogen-bond acceptors (Lipinski definition) is 4. The highest BCUT2D eigenvalue weighted by Crippen LogP contribution is 2.24. The fourth-order valence-electron chi connectivity index (χ4n) is 2.95. The van der Waals surface area contributed by atoms with Crippen molar-refractivity contribution >= 4 is 27.3 Å². The zero-order chi connectivity index (χ0) is 18.7. The van der Waals surface area contributed by atoms with Crippen molar-refractivity contribution in [2.45, 2.75) is 17.7 Å². The molecule has 1 amide bonds. The largest absolute Gasteiger partial charge is 0.371 e. The summed E-state index contributed by atoms with van der Waals surface area (Å²) in [5.41, 5.74) is 2.24. The van der Waals surface area contributed by atoms with Gasteiger partial charge in [-0.25, -0.2) is 12.7 Å². The van der Waals surface area contributed by atoms with Crippen LogP contribution in [0.2, 0.25) is 0 Å². The molecule has 6 nitrogen and oxygen atoms in total. The Kier molecular flexibility index (Phi) is 5.29. The number of benzene rings is 2. The second kappa shape index (κ2) is 7.47. The van der Waals surface area contributed by atoms with E-state index in [9.17, 15) is 13.2 Å². The summed E-state index contributed by atoms with van der Waals surface area (Å²) in [5.74, 6) is -0.266.